The summed E-state index contributed by atoms with van der Waals surface area (Å²) in [5.74, 6) is 0.195. The van der Waals surface area contributed by atoms with Crippen molar-refractivity contribution in [1.82, 2.24) is 19.4 Å². The first kappa shape index (κ1) is 23.5. The molecule has 10 heteroatoms. The third-order valence-corrected chi connectivity index (χ3v) is 7.22. The molecule has 2 fully saturated rings. The Kier molecular flexibility index (Phi) is 6.83. The Hall–Kier alpha value is -1.66. The summed E-state index contributed by atoms with van der Waals surface area (Å²) in [7, 11) is 1.67. The maximum Gasteiger partial charge on any atom is 0.416 e. The number of nitrogens with zero attached hydrogens (tertiary/aromatic N) is 4. The molecule has 1 amide bonds. The van der Waals surface area contributed by atoms with E-state index in [1.807, 2.05) is 27.5 Å². The fourth-order valence-electron chi connectivity index (χ4n) is 4.62. The van der Waals surface area contributed by atoms with Crippen LogP contribution in [0.4, 0.5) is 13.2 Å². The molecular weight excluding hydrogens is 536 g/mol. The number of carbonyl (C=O) groups excluding carboxylic acids is 1. The van der Waals surface area contributed by atoms with Crippen LogP contribution in [0.5, 0.6) is 0 Å². The molecule has 2 saturated heterocycles. The number of halogens is 4. The maximum atomic E-state index is 13.3. The Morgan fingerprint density at radius 1 is 1.12 bits per heavy atom. The molecule has 3 heterocycles. The van der Waals surface area contributed by atoms with Gasteiger partial charge < -0.3 is 19.5 Å². The van der Waals surface area contributed by atoms with E-state index >= 15 is 0 Å². The molecule has 0 saturated carbocycles. The van der Waals surface area contributed by atoms with Crippen LogP contribution in [0.25, 0.3) is 11.4 Å². The van der Waals surface area contributed by atoms with Crippen LogP contribution in [-0.4, -0.2) is 68.7 Å². The van der Waals surface area contributed by atoms with Crippen LogP contribution < -0.4 is 0 Å². The van der Waals surface area contributed by atoms with Crippen LogP contribution in [0.3, 0.4) is 0 Å². The zero-order chi connectivity index (χ0) is 23.0. The van der Waals surface area contributed by atoms with Crippen LogP contribution >= 0.6 is 22.6 Å². The van der Waals surface area contributed by atoms with Crippen molar-refractivity contribution in [1.29, 1.82) is 0 Å². The number of piperidine rings is 2. The van der Waals surface area contributed by atoms with Crippen LogP contribution in [0.15, 0.2) is 24.3 Å². The molecule has 6 nitrogen and oxygen atoms in total. The van der Waals surface area contributed by atoms with Crippen molar-refractivity contribution >= 4 is 28.5 Å². The number of rotatable bonds is 3. The first-order chi connectivity index (χ1) is 15.1. The highest BCUT2D eigenvalue weighted by molar-refractivity contribution is 14.1. The quantitative estimate of drug-likeness (QED) is 0.579. The van der Waals surface area contributed by atoms with Gasteiger partial charge in [0.2, 0.25) is 0 Å². The number of alkyl halides is 3. The van der Waals surface area contributed by atoms with E-state index in [9.17, 15) is 23.1 Å². The van der Waals surface area contributed by atoms with E-state index in [1.165, 1.54) is 6.07 Å². The Labute approximate surface area is 198 Å². The number of hydrogen-bond donors (Lipinski definition) is 1. The minimum absolute atomic E-state index is 0.143. The second kappa shape index (κ2) is 9.30. The minimum atomic E-state index is -4.44. The van der Waals surface area contributed by atoms with E-state index in [-0.39, 0.29) is 12.0 Å². The van der Waals surface area contributed by atoms with Gasteiger partial charge in [-0.2, -0.15) is 13.2 Å². The maximum absolute atomic E-state index is 13.3. The van der Waals surface area contributed by atoms with E-state index in [0.717, 1.165) is 50.9 Å². The molecular formula is C22H26F3IN4O2. The SMILES string of the molecule is Cn1c(-c2cccc(C(F)(F)F)c2)nc(I)c1C(=O)N1CCC(N2CCC(O)CC2)CC1. The lowest BCUT2D eigenvalue weighted by Gasteiger charge is -2.41. The number of imidazole rings is 1. The molecule has 2 aliphatic heterocycles. The molecule has 0 aliphatic carbocycles. The van der Waals surface area contributed by atoms with Crippen molar-refractivity contribution < 1.29 is 23.1 Å². The largest absolute Gasteiger partial charge is 0.416 e. The molecule has 2 aromatic rings. The molecule has 0 radical (unpaired) electrons. The van der Waals surface area contributed by atoms with Gasteiger partial charge in [0, 0.05) is 44.8 Å². The highest BCUT2D eigenvalue weighted by Gasteiger charge is 2.33. The molecule has 1 aromatic heterocycles. The number of aliphatic hydroxyl groups excluding tert-OH is 1. The summed E-state index contributed by atoms with van der Waals surface area (Å²) < 4.78 is 41.4. The molecule has 0 unspecified atom stereocenters. The average Bonchev–Trinajstić information content (AvgIpc) is 3.07. The van der Waals surface area contributed by atoms with Gasteiger partial charge >= 0.3 is 6.18 Å². The van der Waals surface area contributed by atoms with Gasteiger partial charge in [-0.05, 0) is 60.4 Å². The van der Waals surface area contributed by atoms with E-state index < -0.39 is 11.7 Å². The number of aromatic nitrogens is 2. The van der Waals surface area contributed by atoms with Crippen LogP contribution in [0, 0.1) is 3.70 Å². The number of carbonyl (C=O) groups is 1. The lowest BCUT2D eigenvalue weighted by molar-refractivity contribution is -0.137. The summed E-state index contributed by atoms with van der Waals surface area (Å²) in [6, 6.07) is 5.43. The molecule has 0 atom stereocenters. The van der Waals surface area contributed by atoms with Crippen LogP contribution in [0.1, 0.15) is 41.7 Å². The molecule has 2 aliphatic rings. The number of benzene rings is 1. The van der Waals surface area contributed by atoms with Crippen molar-refractivity contribution in [3.63, 3.8) is 0 Å². The third-order valence-electron chi connectivity index (χ3n) is 6.47. The summed E-state index contributed by atoms with van der Waals surface area (Å²) in [5, 5.41) is 9.71. The standard InChI is InChI=1S/C22H26F3IN4O2/c1-28-18(19(26)27-20(28)14-3-2-4-15(13-14)22(23,24)25)21(32)30-9-5-16(6-10-30)29-11-7-17(31)8-12-29/h2-4,13,16-17,31H,5-12H2,1H3. The lowest BCUT2D eigenvalue weighted by Crippen LogP contribution is -2.49. The predicted octanol–water partition coefficient (Wildman–Crippen LogP) is 3.77. The molecule has 32 heavy (non-hydrogen) atoms. The van der Waals surface area contributed by atoms with Gasteiger partial charge in [0.1, 0.15) is 15.2 Å². The van der Waals surface area contributed by atoms with Crippen molar-refractivity contribution in [2.24, 2.45) is 7.05 Å². The third kappa shape index (κ3) is 4.81. The highest BCUT2D eigenvalue weighted by Crippen LogP contribution is 2.33. The van der Waals surface area contributed by atoms with Crippen LogP contribution in [0.2, 0.25) is 0 Å². The second-order valence-corrected chi connectivity index (χ2v) is 9.52. The zero-order valence-electron chi connectivity index (χ0n) is 17.8. The number of aliphatic hydroxyl groups is 1. The van der Waals surface area contributed by atoms with Gasteiger partial charge in [0.25, 0.3) is 5.91 Å². The fraction of sp³-hybridized carbons (Fsp3) is 0.545. The highest BCUT2D eigenvalue weighted by atomic mass is 127. The summed E-state index contributed by atoms with van der Waals surface area (Å²) in [6.45, 7) is 3.03. The van der Waals surface area contributed by atoms with E-state index in [1.54, 1.807) is 17.7 Å². The van der Waals surface area contributed by atoms with Crippen molar-refractivity contribution in [2.75, 3.05) is 26.2 Å². The summed E-state index contributed by atoms with van der Waals surface area (Å²) in [4.78, 5) is 21.9. The summed E-state index contributed by atoms with van der Waals surface area (Å²) >= 11 is 1.98. The van der Waals surface area contributed by atoms with E-state index in [4.69, 9.17) is 0 Å². The smallest absolute Gasteiger partial charge is 0.393 e. The second-order valence-electron chi connectivity index (χ2n) is 8.50. The average molecular weight is 562 g/mol. The Balaban J connectivity index is 1.48. The molecule has 0 bridgehead atoms. The van der Waals surface area contributed by atoms with Gasteiger partial charge in [0.05, 0.1) is 11.7 Å². The minimum Gasteiger partial charge on any atom is -0.393 e. The topological polar surface area (TPSA) is 61.6 Å². The predicted molar refractivity (Wildman–Crippen MR) is 122 cm³/mol. The van der Waals surface area contributed by atoms with Gasteiger partial charge in [-0.25, -0.2) is 4.98 Å². The zero-order valence-corrected chi connectivity index (χ0v) is 19.9. The number of hydrogen-bond acceptors (Lipinski definition) is 4. The number of amides is 1. The van der Waals surface area contributed by atoms with Crippen molar-refractivity contribution in [3.05, 3.63) is 39.2 Å². The molecule has 0 spiro atoms. The molecule has 1 N–H and O–H groups in total. The first-order valence-corrected chi connectivity index (χ1v) is 11.8. The van der Waals surface area contributed by atoms with Crippen LogP contribution in [-0.2, 0) is 13.2 Å². The molecule has 1 aromatic carbocycles. The normalized spacial score (nSPS) is 19.5. The monoisotopic (exact) mass is 562 g/mol. The van der Waals surface area contributed by atoms with Crippen molar-refractivity contribution in [2.45, 2.75) is 44.0 Å². The van der Waals surface area contributed by atoms with Crippen molar-refractivity contribution in [3.8, 4) is 11.4 Å². The lowest BCUT2D eigenvalue weighted by atomic mass is 9.99. The van der Waals surface area contributed by atoms with Gasteiger partial charge in [-0.15, -0.1) is 0 Å². The van der Waals surface area contributed by atoms with E-state index in [2.05, 4.69) is 9.88 Å². The summed E-state index contributed by atoms with van der Waals surface area (Å²) in [5.41, 5.74) is -0.0176. The first-order valence-electron chi connectivity index (χ1n) is 10.8. The van der Waals surface area contributed by atoms with Gasteiger partial charge in [-0.3, -0.25) is 4.79 Å². The Morgan fingerprint density at radius 2 is 1.78 bits per heavy atom. The fourth-order valence-corrected chi connectivity index (χ4v) is 5.45. The molecule has 174 valence electrons. The Bertz CT molecular complexity index is 978. The number of likely N-dealkylation sites (tertiary alicyclic amines) is 2. The van der Waals surface area contributed by atoms with Gasteiger partial charge in [0.15, 0.2) is 0 Å². The molecule has 4 rings (SSSR count). The summed E-state index contributed by atoms with van der Waals surface area (Å²) in [6.07, 6.45) is -1.31. The van der Waals surface area contributed by atoms with Gasteiger partial charge in [-0.1, -0.05) is 12.1 Å². The van der Waals surface area contributed by atoms with E-state index in [0.29, 0.717) is 39.9 Å². The Morgan fingerprint density at radius 3 is 2.41 bits per heavy atom.